The first-order valence-electron chi connectivity index (χ1n) is 8.57. The van der Waals surface area contributed by atoms with Crippen LogP contribution in [0.2, 0.25) is 0 Å². The molecule has 0 spiro atoms. The molecule has 0 fully saturated rings. The first-order valence-corrected chi connectivity index (χ1v) is 8.57. The van der Waals surface area contributed by atoms with Crippen LogP contribution in [0, 0.1) is 0 Å². The van der Waals surface area contributed by atoms with E-state index in [0.717, 1.165) is 24.1 Å². The SMILES string of the molecule is O=C(CCc1ccccc1C(=O)O)Nc1ccc2c(c1)CCCC(=O)N2. The lowest BCUT2D eigenvalue weighted by atomic mass is 10.0. The van der Waals surface area contributed by atoms with Gasteiger partial charge >= 0.3 is 5.97 Å². The second-order valence-corrected chi connectivity index (χ2v) is 6.28. The van der Waals surface area contributed by atoms with Gasteiger partial charge in [-0.15, -0.1) is 0 Å². The molecule has 26 heavy (non-hydrogen) atoms. The van der Waals surface area contributed by atoms with E-state index in [1.165, 1.54) is 6.07 Å². The van der Waals surface area contributed by atoms with Crippen molar-refractivity contribution in [3.8, 4) is 0 Å². The maximum atomic E-state index is 12.2. The van der Waals surface area contributed by atoms with Crippen molar-refractivity contribution in [2.24, 2.45) is 0 Å². The zero-order valence-electron chi connectivity index (χ0n) is 14.2. The average molecular weight is 352 g/mol. The molecule has 0 saturated carbocycles. The standard InChI is InChI=1S/C20H20N2O4/c23-18-7-3-5-14-12-15(9-10-17(14)22-18)21-19(24)11-8-13-4-1-2-6-16(13)20(25)26/h1-2,4,6,9-10,12H,3,5,7-8,11H2,(H,21,24)(H,22,23)(H,25,26). The summed E-state index contributed by atoms with van der Waals surface area (Å²) in [5.41, 5.74) is 3.34. The number of carboxylic acid groups (broad SMARTS) is 1. The molecular formula is C20H20N2O4. The number of hydrogen-bond donors (Lipinski definition) is 3. The Morgan fingerprint density at radius 1 is 1.12 bits per heavy atom. The van der Waals surface area contributed by atoms with Gasteiger partial charge in [0.2, 0.25) is 11.8 Å². The minimum atomic E-state index is -0.992. The molecule has 0 bridgehead atoms. The minimum Gasteiger partial charge on any atom is -0.478 e. The summed E-state index contributed by atoms with van der Waals surface area (Å²) in [6, 6.07) is 12.1. The second kappa shape index (κ2) is 7.82. The molecule has 2 aromatic rings. The van der Waals surface area contributed by atoms with Gasteiger partial charge in [-0.2, -0.15) is 0 Å². The second-order valence-electron chi connectivity index (χ2n) is 6.28. The number of carbonyl (C=O) groups excluding carboxylic acids is 2. The van der Waals surface area contributed by atoms with Crippen LogP contribution in [0.4, 0.5) is 11.4 Å². The largest absolute Gasteiger partial charge is 0.478 e. The van der Waals surface area contributed by atoms with E-state index in [2.05, 4.69) is 10.6 Å². The number of fused-ring (bicyclic) bond motifs is 1. The molecule has 1 heterocycles. The first kappa shape index (κ1) is 17.7. The van der Waals surface area contributed by atoms with Crippen molar-refractivity contribution in [2.75, 3.05) is 10.6 Å². The molecule has 3 rings (SSSR count). The van der Waals surface area contributed by atoms with Gasteiger partial charge in [-0.05, 0) is 54.7 Å². The zero-order valence-corrected chi connectivity index (χ0v) is 14.2. The van der Waals surface area contributed by atoms with Crippen molar-refractivity contribution in [2.45, 2.75) is 32.1 Å². The summed E-state index contributed by atoms with van der Waals surface area (Å²) < 4.78 is 0. The van der Waals surface area contributed by atoms with E-state index in [1.807, 2.05) is 6.07 Å². The molecule has 1 aliphatic rings. The number of nitrogens with one attached hydrogen (secondary N) is 2. The van der Waals surface area contributed by atoms with Gasteiger partial charge in [0.1, 0.15) is 0 Å². The summed E-state index contributed by atoms with van der Waals surface area (Å²) in [7, 11) is 0. The van der Waals surface area contributed by atoms with E-state index < -0.39 is 5.97 Å². The molecule has 1 aliphatic heterocycles. The van der Waals surface area contributed by atoms with Crippen LogP contribution < -0.4 is 10.6 Å². The van der Waals surface area contributed by atoms with Crippen LogP contribution in [-0.2, 0) is 22.4 Å². The smallest absolute Gasteiger partial charge is 0.335 e. The predicted molar refractivity (Wildman–Crippen MR) is 98.4 cm³/mol. The lowest BCUT2D eigenvalue weighted by molar-refractivity contribution is -0.117. The molecule has 0 aromatic heterocycles. The molecule has 0 radical (unpaired) electrons. The first-order chi connectivity index (χ1) is 12.5. The van der Waals surface area contributed by atoms with Crippen molar-refractivity contribution >= 4 is 29.2 Å². The Hall–Kier alpha value is -3.15. The van der Waals surface area contributed by atoms with Gasteiger partial charge in [-0.3, -0.25) is 9.59 Å². The number of aromatic carboxylic acids is 1. The minimum absolute atomic E-state index is 0.0117. The van der Waals surface area contributed by atoms with E-state index in [0.29, 0.717) is 24.1 Å². The van der Waals surface area contributed by atoms with Crippen molar-refractivity contribution in [3.63, 3.8) is 0 Å². The monoisotopic (exact) mass is 352 g/mol. The maximum Gasteiger partial charge on any atom is 0.335 e. The third-order valence-electron chi connectivity index (χ3n) is 4.38. The fourth-order valence-electron chi connectivity index (χ4n) is 3.07. The van der Waals surface area contributed by atoms with E-state index in [9.17, 15) is 19.5 Å². The molecule has 0 aliphatic carbocycles. The highest BCUT2D eigenvalue weighted by Gasteiger charge is 2.14. The van der Waals surface area contributed by atoms with Crippen LogP contribution in [0.3, 0.4) is 0 Å². The molecule has 2 amide bonds. The summed E-state index contributed by atoms with van der Waals surface area (Å²) >= 11 is 0. The van der Waals surface area contributed by atoms with Gasteiger partial charge < -0.3 is 15.7 Å². The Labute approximate surface area is 151 Å². The van der Waals surface area contributed by atoms with Crippen molar-refractivity contribution in [1.82, 2.24) is 0 Å². The average Bonchev–Trinajstić information content (AvgIpc) is 2.80. The Kier molecular flexibility index (Phi) is 5.31. The number of aryl methyl sites for hydroxylation is 2. The summed E-state index contributed by atoms with van der Waals surface area (Å²) in [4.78, 5) is 35.0. The topological polar surface area (TPSA) is 95.5 Å². The summed E-state index contributed by atoms with van der Waals surface area (Å²) in [6.07, 6.45) is 2.61. The number of hydrogen-bond acceptors (Lipinski definition) is 3. The van der Waals surface area contributed by atoms with E-state index >= 15 is 0 Å². The number of carboxylic acids is 1. The predicted octanol–water partition coefficient (Wildman–Crippen LogP) is 3.23. The summed E-state index contributed by atoms with van der Waals surface area (Å²) in [5, 5.41) is 14.9. The summed E-state index contributed by atoms with van der Waals surface area (Å²) in [6.45, 7) is 0. The van der Waals surface area contributed by atoms with Crippen LogP contribution in [0.15, 0.2) is 42.5 Å². The van der Waals surface area contributed by atoms with Crippen LogP contribution in [0.5, 0.6) is 0 Å². The number of amides is 2. The van der Waals surface area contributed by atoms with Crippen LogP contribution in [0.1, 0.15) is 40.7 Å². The van der Waals surface area contributed by atoms with Gasteiger partial charge in [0.05, 0.1) is 5.56 Å². The van der Waals surface area contributed by atoms with Crippen molar-refractivity contribution in [3.05, 3.63) is 59.2 Å². The number of rotatable bonds is 5. The summed E-state index contributed by atoms with van der Waals surface area (Å²) in [5.74, 6) is -1.16. The molecule has 134 valence electrons. The van der Waals surface area contributed by atoms with Gasteiger partial charge in [0.25, 0.3) is 0 Å². The Bertz CT molecular complexity index is 861. The molecule has 6 heteroatoms. The van der Waals surface area contributed by atoms with E-state index in [-0.39, 0.29) is 23.8 Å². The third kappa shape index (κ3) is 4.27. The molecule has 3 N–H and O–H groups in total. The van der Waals surface area contributed by atoms with E-state index in [1.54, 1.807) is 30.3 Å². The Balaban J connectivity index is 1.63. The van der Waals surface area contributed by atoms with Crippen molar-refractivity contribution < 1.29 is 19.5 Å². The quantitative estimate of drug-likeness (QED) is 0.770. The normalized spacial score (nSPS) is 13.3. The highest BCUT2D eigenvalue weighted by atomic mass is 16.4. The fraction of sp³-hybridized carbons (Fsp3) is 0.250. The molecule has 0 saturated heterocycles. The van der Waals surface area contributed by atoms with Gasteiger partial charge in [-0.25, -0.2) is 4.79 Å². The van der Waals surface area contributed by atoms with E-state index in [4.69, 9.17) is 0 Å². The number of anilines is 2. The van der Waals surface area contributed by atoms with Crippen LogP contribution in [0.25, 0.3) is 0 Å². The molecule has 0 unspecified atom stereocenters. The number of benzene rings is 2. The Morgan fingerprint density at radius 2 is 1.92 bits per heavy atom. The molecule has 2 aromatic carbocycles. The molecule has 6 nitrogen and oxygen atoms in total. The van der Waals surface area contributed by atoms with Gasteiger partial charge in [-0.1, -0.05) is 18.2 Å². The zero-order chi connectivity index (χ0) is 18.5. The lowest BCUT2D eigenvalue weighted by Gasteiger charge is -2.11. The van der Waals surface area contributed by atoms with Crippen LogP contribution >= 0.6 is 0 Å². The van der Waals surface area contributed by atoms with Gasteiger partial charge in [0, 0.05) is 24.2 Å². The highest BCUT2D eigenvalue weighted by molar-refractivity contribution is 5.94. The Morgan fingerprint density at radius 3 is 2.73 bits per heavy atom. The number of carbonyl (C=O) groups is 3. The van der Waals surface area contributed by atoms with Crippen LogP contribution in [-0.4, -0.2) is 22.9 Å². The maximum absolute atomic E-state index is 12.2. The fourth-order valence-corrected chi connectivity index (χ4v) is 3.07. The highest BCUT2D eigenvalue weighted by Crippen LogP contribution is 2.25. The lowest BCUT2D eigenvalue weighted by Crippen LogP contribution is -2.14. The van der Waals surface area contributed by atoms with Gasteiger partial charge in [0.15, 0.2) is 0 Å². The van der Waals surface area contributed by atoms with Crippen molar-refractivity contribution in [1.29, 1.82) is 0 Å². The third-order valence-corrected chi connectivity index (χ3v) is 4.38. The molecule has 0 atom stereocenters. The molecular weight excluding hydrogens is 332 g/mol.